The second kappa shape index (κ2) is 9.48. The number of hydrogen-bond donors (Lipinski definition) is 2. The Bertz CT molecular complexity index is 793. The van der Waals surface area contributed by atoms with E-state index in [1.807, 2.05) is 30.3 Å². The van der Waals surface area contributed by atoms with Crippen LogP contribution < -0.4 is 10.0 Å². The van der Waals surface area contributed by atoms with Gasteiger partial charge in [-0.05, 0) is 36.8 Å². The standard InChI is InChI=1S/C18H22N2O3S2/c1-2-13-25(22,23)20-16-8-6-7-15(14-16)18(21)19-11-12-24-17-9-4-3-5-10-17/h3-10,14,20H,2,11-13H2,1H3,(H,19,21). The van der Waals surface area contributed by atoms with Crippen LogP contribution in [0.4, 0.5) is 5.69 Å². The number of thioether (sulfide) groups is 1. The van der Waals surface area contributed by atoms with Crippen LogP contribution in [-0.4, -0.2) is 32.4 Å². The summed E-state index contributed by atoms with van der Waals surface area (Å²) < 4.78 is 26.1. The smallest absolute Gasteiger partial charge is 0.251 e. The summed E-state index contributed by atoms with van der Waals surface area (Å²) in [6.07, 6.45) is 0.536. The summed E-state index contributed by atoms with van der Waals surface area (Å²) in [5.74, 6) is 0.601. The second-order valence-electron chi connectivity index (χ2n) is 5.42. The Morgan fingerprint density at radius 2 is 1.84 bits per heavy atom. The molecule has 25 heavy (non-hydrogen) atoms. The van der Waals surface area contributed by atoms with Gasteiger partial charge in [0.1, 0.15) is 0 Å². The highest BCUT2D eigenvalue weighted by atomic mass is 32.2. The van der Waals surface area contributed by atoms with Gasteiger partial charge in [-0.15, -0.1) is 11.8 Å². The molecule has 0 heterocycles. The number of carbonyl (C=O) groups excluding carboxylic acids is 1. The van der Waals surface area contributed by atoms with E-state index in [4.69, 9.17) is 0 Å². The lowest BCUT2D eigenvalue weighted by atomic mass is 10.2. The molecular weight excluding hydrogens is 356 g/mol. The van der Waals surface area contributed by atoms with Gasteiger partial charge >= 0.3 is 0 Å². The molecule has 0 unspecified atom stereocenters. The first-order valence-electron chi connectivity index (χ1n) is 8.07. The Kier molecular flexibility index (Phi) is 7.33. The molecule has 2 aromatic carbocycles. The molecule has 0 radical (unpaired) electrons. The Hall–Kier alpha value is -1.99. The fraction of sp³-hybridized carbons (Fsp3) is 0.278. The highest BCUT2D eigenvalue weighted by molar-refractivity contribution is 7.99. The maximum absolute atomic E-state index is 12.2. The number of hydrogen-bond acceptors (Lipinski definition) is 4. The number of benzene rings is 2. The van der Waals surface area contributed by atoms with Gasteiger partial charge in [-0.25, -0.2) is 8.42 Å². The van der Waals surface area contributed by atoms with Crippen molar-refractivity contribution in [2.24, 2.45) is 0 Å². The molecule has 1 amide bonds. The quantitative estimate of drug-likeness (QED) is 0.518. The molecule has 0 aromatic heterocycles. The molecule has 0 saturated carbocycles. The van der Waals surface area contributed by atoms with Crippen LogP contribution in [0.3, 0.4) is 0 Å². The van der Waals surface area contributed by atoms with Gasteiger partial charge in [0, 0.05) is 28.4 Å². The number of carbonyl (C=O) groups is 1. The molecule has 5 nitrogen and oxygen atoms in total. The molecule has 0 bridgehead atoms. The molecule has 0 aliphatic rings. The Balaban J connectivity index is 1.86. The molecule has 2 aromatic rings. The van der Waals surface area contributed by atoms with Crippen LogP contribution in [0.2, 0.25) is 0 Å². The molecule has 7 heteroatoms. The molecule has 0 aliphatic heterocycles. The zero-order valence-electron chi connectivity index (χ0n) is 14.1. The van der Waals surface area contributed by atoms with Crippen LogP contribution in [0.1, 0.15) is 23.7 Å². The Labute approximate surface area is 153 Å². The minimum absolute atomic E-state index is 0.0557. The predicted octanol–water partition coefficient (Wildman–Crippen LogP) is 3.36. The Morgan fingerprint density at radius 1 is 1.08 bits per heavy atom. The molecule has 0 fully saturated rings. The number of nitrogens with one attached hydrogen (secondary N) is 2. The first-order valence-corrected chi connectivity index (χ1v) is 10.7. The van der Waals surface area contributed by atoms with Gasteiger partial charge in [0.2, 0.25) is 10.0 Å². The SMILES string of the molecule is CCCS(=O)(=O)Nc1cccc(C(=O)NCCSc2ccccc2)c1. The van der Waals surface area contributed by atoms with Gasteiger partial charge in [0.15, 0.2) is 0 Å². The van der Waals surface area contributed by atoms with Gasteiger partial charge in [-0.1, -0.05) is 31.2 Å². The van der Waals surface area contributed by atoms with E-state index in [1.54, 1.807) is 43.0 Å². The molecular formula is C18H22N2O3S2. The summed E-state index contributed by atoms with van der Waals surface area (Å²) in [6, 6.07) is 16.5. The minimum atomic E-state index is -3.36. The van der Waals surface area contributed by atoms with Crippen LogP contribution >= 0.6 is 11.8 Å². The number of amides is 1. The molecule has 0 aliphatic carbocycles. The lowest BCUT2D eigenvalue weighted by Crippen LogP contribution is -2.26. The largest absolute Gasteiger partial charge is 0.351 e. The van der Waals surface area contributed by atoms with E-state index in [9.17, 15) is 13.2 Å². The minimum Gasteiger partial charge on any atom is -0.351 e. The molecule has 2 rings (SSSR count). The van der Waals surface area contributed by atoms with E-state index in [1.165, 1.54) is 0 Å². The van der Waals surface area contributed by atoms with E-state index in [-0.39, 0.29) is 11.7 Å². The van der Waals surface area contributed by atoms with Crippen molar-refractivity contribution in [3.8, 4) is 0 Å². The van der Waals surface area contributed by atoms with Crippen molar-refractivity contribution in [2.45, 2.75) is 18.2 Å². The van der Waals surface area contributed by atoms with Crippen LogP contribution in [0.15, 0.2) is 59.5 Å². The van der Waals surface area contributed by atoms with Gasteiger partial charge < -0.3 is 5.32 Å². The molecule has 0 saturated heterocycles. The van der Waals surface area contributed by atoms with Crippen molar-refractivity contribution >= 4 is 33.4 Å². The third-order valence-electron chi connectivity index (χ3n) is 3.27. The lowest BCUT2D eigenvalue weighted by molar-refractivity contribution is 0.0956. The average Bonchev–Trinajstić information content (AvgIpc) is 2.59. The first-order chi connectivity index (χ1) is 12.0. The summed E-state index contributed by atoms with van der Waals surface area (Å²) >= 11 is 1.67. The monoisotopic (exact) mass is 378 g/mol. The third-order valence-corrected chi connectivity index (χ3v) is 5.78. The molecule has 0 spiro atoms. The summed E-state index contributed by atoms with van der Waals surface area (Å²) in [5.41, 5.74) is 0.834. The van der Waals surface area contributed by atoms with Crippen molar-refractivity contribution in [1.82, 2.24) is 5.32 Å². The second-order valence-corrected chi connectivity index (χ2v) is 8.43. The number of anilines is 1. The van der Waals surface area contributed by atoms with E-state index in [0.717, 1.165) is 10.6 Å². The normalized spacial score (nSPS) is 11.1. The number of rotatable bonds is 9. The van der Waals surface area contributed by atoms with E-state index in [0.29, 0.717) is 24.2 Å². The lowest BCUT2D eigenvalue weighted by Gasteiger charge is -2.09. The van der Waals surface area contributed by atoms with Crippen molar-refractivity contribution in [1.29, 1.82) is 0 Å². The zero-order chi connectivity index (χ0) is 18.1. The van der Waals surface area contributed by atoms with E-state index >= 15 is 0 Å². The molecule has 2 N–H and O–H groups in total. The van der Waals surface area contributed by atoms with Crippen molar-refractivity contribution < 1.29 is 13.2 Å². The van der Waals surface area contributed by atoms with Crippen LogP contribution in [0.5, 0.6) is 0 Å². The fourth-order valence-electron chi connectivity index (χ4n) is 2.18. The maximum atomic E-state index is 12.2. The fourth-order valence-corrected chi connectivity index (χ4v) is 4.09. The zero-order valence-corrected chi connectivity index (χ0v) is 15.7. The van der Waals surface area contributed by atoms with Crippen molar-refractivity contribution in [2.75, 3.05) is 22.8 Å². The first kappa shape index (κ1) is 19.3. The molecule has 134 valence electrons. The van der Waals surface area contributed by atoms with Crippen molar-refractivity contribution in [3.05, 3.63) is 60.2 Å². The number of sulfonamides is 1. The summed E-state index contributed by atoms with van der Waals surface area (Å²) in [5, 5.41) is 2.85. The van der Waals surface area contributed by atoms with Gasteiger partial charge in [0.05, 0.1) is 5.75 Å². The third kappa shape index (κ3) is 6.80. The van der Waals surface area contributed by atoms with Gasteiger partial charge in [-0.2, -0.15) is 0 Å². The van der Waals surface area contributed by atoms with Gasteiger partial charge in [-0.3, -0.25) is 9.52 Å². The van der Waals surface area contributed by atoms with E-state index < -0.39 is 10.0 Å². The van der Waals surface area contributed by atoms with E-state index in [2.05, 4.69) is 10.0 Å². The van der Waals surface area contributed by atoms with Crippen LogP contribution in [0.25, 0.3) is 0 Å². The summed E-state index contributed by atoms with van der Waals surface area (Å²) in [4.78, 5) is 13.4. The van der Waals surface area contributed by atoms with Gasteiger partial charge in [0.25, 0.3) is 5.91 Å². The summed E-state index contributed by atoms with van der Waals surface area (Å²) in [7, 11) is -3.36. The van der Waals surface area contributed by atoms with Crippen LogP contribution in [0, 0.1) is 0 Å². The van der Waals surface area contributed by atoms with Crippen molar-refractivity contribution in [3.63, 3.8) is 0 Å². The van der Waals surface area contributed by atoms with Crippen LogP contribution in [-0.2, 0) is 10.0 Å². The summed E-state index contributed by atoms with van der Waals surface area (Å²) in [6.45, 7) is 2.33. The Morgan fingerprint density at radius 3 is 2.56 bits per heavy atom. The predicted molar refractivity (Wildman–Crippen MR) is 104 cm³/mol. The highest BCUT2D eigenvalue weighted by Crippen LogP contribution is 2.16. The average molecular weight is 379 g/mol. The topological polar surface area (TPSA) is 75.3 Å². The molecule has 0 atom stereocenters. The maximum Gasteiger partial charge on any atom is 0.251 e. The highest BCUT2D eigenvalue weighted by Gasteiger charge is 2.11.